The Kier molecular flexibility index (Phi) is 6.27. The van der Waals surface area contributed by atoms with Crippen LogP contribution in [0.2, 0.25) is 10.2 Å². The molecule has 0 aliphatic carbocycles. The maximum absolute atomic E-state index is 12.4. The van der Waals surface area contributed by atoms with E-state index in [0.717, 1.165) is 0 Å². The van der Waals surface area contributed by atoms with Gasteiger partial charge in [-0.05, 0) is 26.0 Å². The number of benzene rings is 1. The molecule has 1 aromatic heterocycles. The van der Waals surface area contributed by atoms with Crippen LogP contribution in [0, 0.1) is 0 Å². The first-order valence-corrected chi connectivity index (χ1v) is 9.55. The van der Waals surface area contributed by atoms with Crippen LogP contribution in [0.25, 0.3) is 0 Å². The summed E-state index contributed by atoms with van der Waals surface area (Å²) in [6, 6.07) is 5.53. The third-order valence-corrected chi connectivity index (χ3v) is 5.34. The second kappa shape index (κ2) is 8.07. The molecule has 8 nitrogen and oxygen atoms in total. The van der Waals surface area contributed by atoms with Crippen molar-refractivity contribution in [2.24, 2.45) is 0 Å². The van der Waals surface area contributed by atoms with E-state index in [1.807, 2.05) is 4.72 Å². The molecule has 26 heavy (non-hydrogen) atoms. The third-order valence-electron chi connectivity index (χ3n) is 3.12. The van der Waals surface area contributed by atoms with E-state index in [-0.39, 0.29) is 33.4 Å². The minimum atomic E-state index is -3.86. The van der Waals surface area contributed by atoms with Gasteiger partial charge in [0.2, 0.25) is 15.9 Å². The molecule has 0 atom stereocenters. The summed E-state index contributed by atoms with van der Waals surface area (Å²) in [5.41, 5.74) is -0.180. The van der Waals surface area contributed by atoms with Crippen molar-refractivity contribution in [3.05, 3.63) is 40.0 Å². The monoisotopic (exact) mass is 419 g/mol. The average Bonchev–Trinajstić information content (AvgIpc) is 2.53. The second-order valence-electron chi connectivity index (χ2n) is 5.26. The number of nitrogens with one attached hydrogen (secondary N) is 1. The number of methoxy groups -OCH3 is 1. The van der Waals surface area contributed by atoms with E-state index in [9.17, 15) is 13.2 Å². The van der Waals surface area contributed by atoms with E-state index in [0.29, 0.717) is 0 Å². The molecule has 0 fully saturated rings. The summed E-state index contributed by atoms with van der Waals surface area (Å²) in [7, 11) is -2.47. The van der Waals surface area contributed by atoms with Crippen LogP contribution < -0.4 is 14.2 Å². The van der Waals surface area contributed by atoms with Gasteiger partial charge >= 0.3 is 6.01 Å². The van der Waals surface area contributed by atoms with E-state index >= 15 is 0 Å². The summed E-state index contributed by atoms with van der Waals surface area (Å²) < 4.78 is 36.3. The summed E-state index contributed by atoms with van der Waals surface area (Å²) in [5.74, 6) is -0.831. The zero-order chi connectivity index (χ0) is 19.5. The molecule has 140 valence electrons. The molecule has 0 saturated heterocycles. The number of amides is 1. The standard InChI is InChI=1S/C15H15Cl2N3O5S/c1-8(2)26(22,23)20-14(21)13-9(16)5-4-6-10(13)25-15-18-11(17)7-12(19-15)24-3/h4-8H,1-3H3,(H,20,21). The predicted molar refractivity (Wildman–Crippen MR) is 96.6 cm³/mol. The molecular formula is C15H15Cl2N3O5S. The molecule has 0 aliphatic rings. The molecule has 11 heteroatoms. The van der Waals surface area contributed by atoms with Gasteiger partial charge in [0.1, 0.15) is 16.5 Å². The molecule has 1 aromatic carbocycles. The van der Waals surface area contributed by atoms with Crippen LogP contribution in [0.1, 0.15) is 24.2 Å². The van der Waals surface area contributed by atoms with Crippen molar-refractivity contribution in [3.8, 4) is 17.6 Å². The quantitative estimate of drug-likeness (QED) is 0.716. The third kappa shape index (κ3) is 4.75. The molecule has 1 amide bonds. The summed E-state index contributed by atoms with van der Waals surface area (Å²) >= 11 is 11.9. The Morgan fingerprint density at radius 3 is 2.54 bits per heavy atom. The van der Waals surface area contributed by atoms with E-state index < -0.39 is 21.2 Å². The van der Waals surface area contributed by atoms with Crippen molar-refractivity contribution >= 4 is 39.1 Å². The van der Waals surface area contributed by atoms with Gasteiger partial charge in [0.15, 0.2) is 0 Å². The number of aromatic nitrogens is 2. The minimum absolute atomic E-state index is 0.00653. The van der Waals surface area contributed by atoms with Crippen molar-refractivity contribution in [2.45, 2.75) is 19.1 Å². The van der Waals surface area contributed by atoms with E-state index in [4.69, 9.17) is 32.7 Å². The fraction of sp³-hybridized carbons (Fsp3) is 0.267. The van der Waals surface area contributed by atoms with Crippen molar-refractivity contribution in [1.29, 1.82) is 0 Å². The van der Waals surface area contributed by atoms with Crippen LogP contribution in [0.5, 0.6) is 17.6 Å². The summed E-state index contributed by atoms with van der Waals surface area (Å²) in [6.07, 6.45) is 0. The van der Waals surface area contributed by atoms with Crippen LogP contribution in [-0.2, 0) is 10.0 Å². The van der Waals surface area contributed by atoms with Crippen LogP contribution in [-0.4, -0.2) is 36.7 Å². The fourth-order valence-corrected chi connectivity index (χ4v) is 2.75. The molecular weight excluding hydrogens is 405 g/mol. The van der Waals surface area contributed by atoms with Crippen molar-refractivity contribution in [2.75, 3.05) is 7.11 Å². The van der Waals surface area contributed by atoms with Gasteiger partial charge in [-0.15, -0.1) is 0 Å². The normalized spacial score (nSPS) is 11.3. The highest BCUT2D eigenvalue weighted by atomic mass is 35.5. The van der Waals surface area contributed by atoms with E-state index in [1.165, 1.54) is 45.2 Å². The number of carbonyl (C=O) groups is 1. The Balaban J connectivity index is 2.41. The second-order valence-corrected chi connectivity index (χ2v) is 8.29. The number of halogens is 2. The number of sulfonamides is 1. The highest BCUT2D eigenvalue weighted by Crippen LogP contribution is 2.30. The molecule has 2 rings (SSSR count). The van der Waals surface area contributed by atoms with E-state index in [2.05, 4.69) is 9.97 Å². The Morgan fingerprint density at radius 2 is 1.92 bits per heavy atom. The van der Waals surface area contributed by atoms with Crippen LogP contribution in [0.15, 0.2) is 24.3 Å². The molecule has 0 radical (unpaired) electrons. The summed E-state index contributed by atoms with van der Waals surface area (Å²) in [5, 5.41) is -0.756. The van der Waals surface area contributed by atoms with Crippen molar-refractivity contribution in [3.63, 3.8) is 0 Å². The predicted octanol–water partition coefficient (Wildman–Crippen LogP) is 3.05. The number of rotatable bonds is 6. The minimum Gasteiger partial charge on any atom is -0.481 e. The Bertz CT molecular complexity index is 935. The van der Waals surface area contributed by atoms with Gasteiger partial charge in [0, 0.05) is 6.07 Å². The maximum Gasteiger partial charge on any atom is 0.326 e. The lowest BCUT2D eigenvalue weighted by Gasteiger charge is -2.13. The first kappa shape index (κ1) is 20.2. The van der Waals surface area contributed by atoms with Gasteiger partial charge in [-0.25, -0.2) is 13.1 Å². The zero-order valence-corrected chi connectivity index (χ0v) is 16.3. The maximum atomic E-state index is 12.4. The highest BCUT2D eigenvalue weighted by Gasteiger charge is 2.25. The van der Waals surface area contributed by atoms with E-state index in [1.54, 1.807) is 0 Å². The van der Waals surface area contributed by atoms with Gasteiger partial charge < -0.3 is 9.47 Å². The number of ether oxygens (including phenoxy) is 2. The van der Waals surface area contributed by atoms with Crippen LogP contribution in [0.4, 0.5) is 0 Å². The SMILES string of the molecule is COc1cc(Cl)nc(Oc2cccc(Cl)c2C(=O)NS(=O)(=O)C(C)C)n1. The number of nitrogens with zero attached hydrogens (tertiary/aromatic N) is 2. The van der Waals surface area contributed by atoms with Gasteiger partial charge in [0.05, 0.1) is 17.4 Å². The molecule has 0 aliphatic heterocycles. The average molecular weight is 420 g/mol. The fourth-order valence-electron chi connectivity index (χ4n) is 1.73. The Labute approximate surface area is 160 Å². The Hall–Kier alpha value is -2.10. The lowest BCUT2D eigenvalue weighted by atomic mass is 10.2. The number of hydrogen-bond donors (Lipinski definition) is 1. The highest BCUT2D eigenvalue weighted by molar-refractivity contribution is 7.90. The molecule has 2 aromatic rings. The largest absolute Gasteiger partial charge is 0.481 e. The first-order valence-electron chi connectivity index (χ1n) is 7.25. The van der Waals surface area contributed by atoms with Gasteiger partial charge in [0.25, 0.3) is 5.91 Å². The van der Waals surface area contributed by atoms with Crippen LogP contribution in [0.3, 0.4) is 0 Å². The molecule has 0 spiro atoms. The lowest BCUT2D eigenvalue weighted by molar-refractivity contribution is 0.0979. The van der Waals surface area contributed by atoms with Crippen LogP contribution >= 0.6 is 23.2 Å². The zero-order valence-electron chi connectivity index (χ0n) is 14.0. The van der Waals surface area contributed by atoms with Crippen molar-refractivity contribution in [1.82, 2.24) is 14.7 Å². The lowest BCUT2D eigenvalue weighted by Crippen LogP contribution is -2.36. The van der Waals surface area contributed by atoms with Crippen molar-refractivity contribution < 1.29 is 22.7 Å². The topological polar surface area (TPSA) is 107 Å². The van der Waals surface area contributed by atoms with Gasteiger partial charge in [-0.1, -0.05) is 29.3 Å². The van der Waals surface area contributed by atoms with Gasteiger partial charge in [-0.3, -0.25) is 4.79 Å². The summed E-state index contributed by atoms with van der Waals surface area (Å²) in [4.78, 5) is 20.3. The summed E-state index contributed by atoms with van der Waals surface area (Å²) in [6.45, 7) is 2.87. The molecule has 1 N–H and O–H groups in total. The Morgan fingerprint density at radius 1 is 1.23 bits per heavy atom. The first-order chi connectivity index (χ1) is 12.1. The smallest absolute Gasteiger partial charge is 0.326 e. The number of carbonyl (C=O) groups excluding carboxylic acids is 1. The molecule has 0 unspecified atom stereocenters. The molecule has 0 bridgehead atoms. The van der Waals surface area contributed by atoms with Gasteiger partial charge in [-0.2, -0.15) is 9.97 Å². The number of hydrogen-bond acceptors (Lipinski definition) is 7. The molecule has 0 saturated carbocycles. The molecule has 1 heterocycles.